The van der Waals surface area contributed by atoms with Crippen molar-refractivity contribution in [3.05, 3.63) is 35.4 Å². The minimum Gasteiger partial charge on any atom is -0.389 e. The minimum atomic E-state index is -0.00106. The van der Waals surface area contributed by atoms with Gasteiger partial charge in [-0.25, -0.2) is 0 Å². The SMILES string of the molecule is CCC(CC)N(CCOC)C(=O)c1cccc(C(N)=S)c1. The highest BCUT2D eigenvalue weighted by atomic mass is 32.1. The van der Waals surface area contributed by atoms with Gasteiger partial charge in [-0.1, -0.05) is 38.2 Å². The number of methoxy groups -OCH3 is 1. The second kappa shape index (κ2) is 8.74. The molecule has 5 heteroatoms. The van der Waals surface area contributed by atoms with Crippen LogP contribution in [0.5, 0.6) is 0 Å². The molecule has 0 aliphatic heterocycles. The van der Waals surface area contributed by atoms with E-state index >= 15 is 0 Å². The zero-order valence-electron chi connectivity index (χ0n) is 13.0. The van der Waals surface area contributed by atoms with Crippen LogP contribution in [-0.2, 0) is 4.74 Å². The molecule has 0 atom stereocenters. The smallest absolute Gasteiger partial charge is 0.254 e. The van der Waals surface area contributed by atoms with Crippen LogP contribution in [0.2, 0.25) is 0 Å². The van der Waals surface area contributed by atoms with Gasteiger partial charge in [0, 0.05) is 30.8 Å². The number of hydrogen-bond acceptors (Lipinski definition) is 3. The van der Waals surface area contributed by atoms with Crippen molar-refractivity contribution >= 4 is 23.1 Å². The average molecular weight is 308 g/mol. The Kier molecular flexibility index (Phi) is 7.32. The van der Waals surface area contributed by atoms with Crippen LogP contribution in [0.1, 0.15) is 42.6 Å². The van der Waals surface area contributed by atoms with E-state index in [2.05, 4.69) is 13.8 Å². The summed E-state index contributed by atoms with van der Waals surface area (Å²) in [6, 6.07) is 7.39. The van der Waals surface area contributed by atoms with Crippen LogP contribution < -0.4 is 5.73 Å². The monoisotopic (exact) mass is 308 g/mol. The van der Waals surface area contributed by atoms with E-state index in [9.17, 15) is 4.79 Å². The van der Waals surface area contributed by atoms with Crippen LogP contribution in [0.4, 0.5) is 0 Å². The molecule has 0 bridgehead atoms. The highest BCUT2D eigenvalue weighted by Crippen LogP contribution is 2.15. The second-order valence-electron chi connectivity index (χ2n) is 4.91. The molecule has 21 heavy (non-hydrogen) atoms. The molecule has 0 aliphatic carbocycles. The molecule has 0 saturated heterocycles. The van der Waals surface area contributed by atoms with Gasteiger partial charge in [0.1, 0.15) is 4.99 Å². The zero-order valence-corrected chi connectivity index (χ0v) is 13.8. The Hall–Kier alpha value is -1.46. The summed E-state index contributed by atoms with van der Waals surface area (Å²) in [5, 5.41) is 0. The third kappa shape index (κ3) is 4.79. The third-order valence-corrected chi connectivity index (χ3v) is 3.81. The van der Waals surface area contributed by atoms with Gasteiger partial charge in [0.25, 0.3) is 5.91 Å². The topological polar surface area (TPSA) is 55.6 Å². The van der Waals surface area contributed by atoms with Gasteiger partial charge in [0.2, 0.25) is 0 Å². The summed E-state index contributed by atoms with van der Waals surface area (Å²) in [5.41, 5.74) is 6.97. The van der Waals surface area contributed by atoms with Crippen LogP contribution in [-0.4, -0.2) is 42.1 Å². The lowest BCUT2D eigenvalue weighted by Crippen LogP contribution is -2.41. The van der Waals surface area contributed by atoms with E-state index in [-0.39, 0.29) is 11.9 Å². The highest BCUT2D eigenvalue weighted by molar-refractivity contribution is 7.80. The molecule has 1 aromatic carbocycles. The Morgan fingerprint density at radius 3 is 2.48 bits per heavy atom. The minimum absolute atomic E-state index is 0.00106. The van der Waals surface area contributed by atoms with Crippen molar-refractivity contribution in [2.24, 2.45) is 5.73 Å². The van der Waals surface area contributed by atoms with Gasteiger partial charge in [-0.15, -0.1) is 0 Å². The molecule has 2 N–H and O–H groups in total. The number of nitrogens with zero attached hydrogens (tertiary/aromatic N) is 1. The Labute approximate surface area is 132 Å². The van der Waals surface area contributed by atoms with Gasteiger partial charge in [-0.05, 0) is 25.0 Å². The lowest BCUT2D eigenvalue weighted by atomic mass is 10.1. The maximum atomic E-state index is 12.8. The standard InChI is InChI=1S/C16H24N2O2S/c1-4-14(5-2)18(9-10-20-3)16(19)13-8-6-7-12(11-13)15(17)21/h6-8,11,14H,4-5,9-10H2,1-3H3,(H2,17,21). The molecule has 0 saturated carbocycles. The van der Waals surface area contributed by atoms with Crippen molar-refractivity contribution in [3.8, 4) is 0 Å². The number of carbonyl (C=O) groups is 1. The number of amides is 1. The zero-order chi connectivity index (χ0) is 15.8. The summed E-state index contributed by atoms with van der Waals surface area (Å²) in [6.07, 6.45) is 1.84. The first-order valence-electron chi connectivity index (χ1n) is 7.24. The van der Waals surface area contributed by atoms with Crippen molar-refractivity contribution in [2.75, 3.05) is 20.3 Å². The number of nitrogens with two attached hydrogens (primary N) is 1. The Bertz CT molecular complexity index is 487. The third-order valence-electron chi connectivity index (χ3n) is 3.57. The summed E-state index contributed by atoms with van der Waals surface area (Å²) in [5.74, 6) is -0.00106. The van der Waals surface area contributed by atoms with Crippen molar-refractivity contribution < 1.29 is 9.53 Å². The molecule has 0 aromatic heterocycles. The van der Waals surface area contributed by atoms with Gasteiger partial charge in [-0.3, -0.25) is 4.79 Å². The Morgan fingerprint density at radius 2 is 1.95 bits per heavy atom. The molecule has 116 valence electrons. The van der Waals surface area contributed by atoms with Crippen LogP contribution in [0, 0.1) is 0 Å². The molecule has 0 fully saturated rings. The van der Waals surface area contributed by atoms with Gasteiger partial charge in [0.05, 0.1) is 6.61 Å². The largest absolute Gasteiger partial charge is 0.389 e. The maximum absolute atomic E-state index is 12.8. The van der Waals surface area contributed by atoms with Gasteiger partial charge in [0.15, 0.2) is 0 Å². The van der Waals surface area contributed by atoms with Gasteiger partial charge >= 0.3 is 0 Å². The molecule has 4 nitrogen and oxygen atoms in total. The fraction of sp³-hybridized carbons (Fsp3) is 0.500. The molecule has 1 amide bonds. The number of benzene rings is 1. The summed E-state index contributed by atoms with van der Waals surface area (Å²) >= 11 is 4.97. The molecule has 1 rings (SSSR count). The van der Waals surface area contributed by atoms with Crippen LogP contribution in [0.25, 0.3) is 0 Å². The lowest BCUT2D eigenvalue weighted by Gasteiger charge is -2.30. The quantitative estimate of drug-likeness (QED) is 0.750. The molecule has 0 unspecified atom stereocenters. The predicted molar refractivity (Wildman–Crippen MR) is 89.6 cm³/mol. The van der Waals surface area contributed by atoms with Gasteiger partial charge in [-0.2, -0.15) is 0 Å². The summed E-state index contributed by atoms with van der Waals surface area (Å²) in [7, 11) is 1.64. The first-order chi connectivity index (χ1) is 10.0. The summed E-state index contributed by atoms with van der Waals surface area (Å²) < 4.78 is 5.12. The Balaban J connectivity index is 3.03. The fourth-order valence-electron chi connectivity index (χ4n) is 2.34. The van der Waals surface area contributed by atoms with Crippen molar-refractivity contribution in [1.29, 1.82) is 0 Å². The van der Waals surface area contributed by atoms with Crippen molar-refractivity contribution in [2.45, 2.75) is 32.7 Å². The molecule has 1 aromatic rings. The molecular formula is C16H24N2O2S. The molecule has 0 radical (unpaired) electrons. The first kappa shape index (κ1) is 17.6. The van der Waals surface area contributed by atoms with E-state index in [1.54, 1.807) is 19.2 Å². The first-order valence-corrected chi connectivity index (χ1v) is 7.65. The summed E-state index contributed by atoms with van der Waals surface area (Å²) in [6.45, 7) is 5.29. The predicted octanol–water partition coefficient (Wildman–Crippen LogP) is 2.60. The number of thiocarbonyl (C=S) groups is 1. The van der Waals surface area contributed by atoms with E-state index in [4.69, 9.17) is 22.7 Å². The van der Waals surface area contributed by atoms with E-state index in [1.807, 2.05) is 17.0 Å². The average Bonchev–Trinajstić information content (AvgIpc) is 2.51. The number of ether oxygens (including phenoxy) is 1. The fourth-order valence-corrected chi connectivity index (χ4v) is 2.47. The maximum Gasteiger partial charge on any atom is 0.254 e. The van der Waals surface area contributed by atoms with Crippen LogP contribution >= 0.6 is 12.2 Å². The Morgan fingerprint density at radius 1 is 1.33 bits per heavy atom. The molecule has 0 spiro atoms. The second-order valence-corrected chi connectivity index (χ2v) is 5.35. The van der Waals surface area contributed by atoms with Crippen molar-refractivity contribution in [1.82, 2.24) is 4.90 Å². The number of rotatable bonds is 8. The number of carbonyl (C=O) groups excluding carboxylic acids is 1. The number of hydrogen-bond donors (Lipinski definition) is 1. The molecule has 0 aliphatic rings. The van der Waals surface area contributed by atoms with E-state index in [1.165, 1.54) is 0 Å². The van der Waals surface area contributed by atoms with Gasteiger partial charge < -0.3 is 15.4 Å². The highest BCUT2D eigenvalue weighted by Gasteiger charge is 2.22. The molecule has 0 heterocycles. The molecular weight excluding hydrogens is 284 g/mol. The van der Waals surface area contributed by atoms with E-state index in [0.717, 1.165) is 12.8 Å². The van der Waals surface area contributed by atoms with Crippen molar-refractivity contribution in [3.63, 3.8) is 0 Å². The normalized spacial score (nSPS) is 10.7. The van der Waals surface area contributed by atoms with E-state index < -0.39 is 0 Å². The van der Waals surface area contributed by atoms with Crippen LogP contribution in [0.15, 0.2) is 24.3 Å². The van der Waals surface area contributed by atoms with Crippen LogP contribution in [0.3, 0.4) is 0 Å². The summed E-state index contributed by atoms with van der Waals surface area (Å²) in [4.78, 5) is 14.9. The lowest BCUT2D eigenvalue weighted by molar-refractivity contribution is 0.0589. The van der Waals surface area contributed by atoms with E-state index in [0.29, 0.717) is 29.3 Å².